The van der Waals surface area contributed by atoms with Gasteiger partial charge in [-0.2, -0.15) is 0 Å². The number of hydrogen-bond donors (Lipinski definition) is 1. The first-order valence-corrected chi connectivity index (χ1v) is 6.39. The summed E-state index contributed by atoms with van der Waals surface area (Å²) in [5, 5.41) is 8.53. The van der Waals surface area contributed by atoms with E-state index in [1.54, 1.807) is 36.2 Å². The molecule has 1 aromatic rings. The number of likely N-dealkylation sites (N-methyl/N-ethyl adjacent to an activating group) is 1. The summed E-state index contributed by atoms with van der Waals surface area (Å²) in [5.41, 5.74) is 1.30. The fourth-order valence-electron chi connectivity index (χ4n) is 1.57. The first-order valence-electron chi connectivity index (χ1n) is 6.39. The Morgan fingerprint density at radius 3 is 2.50 bits per heavy atom. The molecule has 0 atom stereocenters. The minimum Gasteiger partial charge on any atom is -0.478 e. The maximum absolute atomic E-state index is 12.1. The Morgan fingerprint density at radius 1 is 1.30 bits per heavy atom. The number of hydrogen-bond acceptors (Lipinski definition) is 3. The first-order chi connectivity index (χ1) is 9.54. The SMILES string of the molecule is CCOCCN(C)C(=O)c1ccc(/C=C/C(=O)O)cc1. The topological polar surface area (TPSA) is 66.8 Å². The Kier molecular flexibility index (Phi) is 6.46. The van der Waals surface area contributed by atoms with Gasteiger partial charge in [0.15, 0.2) is 0 Å². The van der Waals surface area contributed by atoms with E-state index in [0.717, 1.165) is 11.6 Å². The quantitative estimate of drug-likeness (QED) is 0.610. The number of carboxylic acid groups (broad SMARTS) is 1. The fourth-order valence-corrected chi connectivity index (χ4v) is 1.57. The van der Waals surface area contributed by atoms with Gasteiger partial charge in [-0.3, -0.25) is 4.79 Å². The number of nitrogens with zero attached hydrogens (tertiary/aromatic N) is 1. The molecule has 0 aromatic heterocycles. The van der Waals surface area contributed by atoms with Crippen LogP contribution in [0.3, 0.4) is 0 Å². The highest BCUT2D eigenvalue weighted by molar-refractivity contribution is 5.94. The molecule has 20 heavy (non-hydrogen) atoms. The Labute approximate surface area is 118 Å². The lowest BCUT2D eigenvalue weighted by Crippen LogP contribution is -2.30. The van der Waals surface area contributed by atoms with Crippen LogP contribution in [0.1, 0.15) is 22.8 Å². The van der Waals surface area contributed by atoms with Gasteiger partial charge >= 0.3 is 5.97 Å². The monoisotopic (exact) mass is 277 g/mol. The van der Waals surface area contributed by atoms with Crippen LogP contribution in [0.25, 0.3) is 6.08 Å². The van der Waals surface area contributed by atoms with E-state index in [1.165, 1.54) is 6.08 Å². The Balaban J connectivity index is 2.63. The van der Waals surface area contributed by atoms with E-state index in [-0.39, 0.29) is 5.91 Å². The van der Waals surface area contributed by atoms with Crippen LogP contribution in [0, 0.1) is 0 Å². The lowest BCUT2D eigenvalue weighted by molar-refractivity contribution is -0.131. The number of carboxylic acids is 1. The molecule has 0 unspecified atom stereocenters. The van der Waals surface area contributed by atoms with Crippen molar-refractivity contribution < 1.29 is 19.4 Å². The third kappa shape index (κ3) is 5.24. The van der Waals surface area contributed by atoms with Crippen molar-refractivity contribution in [1.82, 2.24) is 4.90 Å². The summed E-state index contributed by atoms with van der Waals surface area (Å²) in [5.74, 6) is -1.08. The molecule has 5 nitrogen and oxygen atoms in total. The van der Waals surface area contributed by atoms with Crippen molar-refractivity contribution in [1.29, 1.82) is 0 Å². The van der Waals surface area contributed by atoms with Crippen molar-refractivity contribution in [3.05, 3.63) is 41.5 Å². The van der Waals surface area contributed by atoms with E-state index in [0.29, 0.717) is 25.3 Å². The summed E-state index contributed by atoms with van der Waals surface area (Å²) in [4.78, 5) is 24.1. The third-order valence-corrected chi connectivity index (χ3v) is 2.70. The lowest BCUT2D eigenvalue weighted by atomic mass is 10.1. The van der Waals surface area contributed by atoms with E-state index in [4.69, 9.17) is 9.84 Å². The second kappa shape index (κ2) is 8.12. The van der Waals surface area contributed by atoms with Crippen LogP contribution >= 0.6 is 0 Å². The van der Waals surface area contributed by atoms with Crippen LogP contribution in [-0.2, 0) is 9.53 Å². The molecule has 0 aliphatic heterocycles. The van der Waals surface area contributed by atoms with Gasteiger partial charge in [0.25, 0.3) is 5.91 Å². The van der Waals surface area contributed by atoms with Crippen molar-refractivity contribution in [2.75, 3.05) is 26.8 Å². The number of carbonyl (C=O) groups is 2. The molecule has 0 spiro atoms. The van der Waals surface area contributed by atoms with Gasteiger partial charge in [-0.1, -0.05) is 12.1 Å². The molecule has 1 rings (SSSR count). The number of carbonyl (C=O) groups excluding carboxylic acids is 1. The summed E-state index contributed by atoms with van der Waals surface area (Å²) >= 11 is 0. The second-order valence-electron chi connectivity index (χ2n) is 4.22. The van der Waals surface area contributed by atoms with Gasteiger partial charge in [-0.25, -0.2) is 4.79 Å². The highest BCUT2D eigenvalue weighted by Gasteiger charge is 2.10. The molecule has 0 aliphatic rings. The van der Waals surface area contributed by atoms with Crippen molar-refractivity contribution in [3.8, 4) is 0 Å². The Hall–Kier alpha value is -2.14. The Morgan fingerprint density at radius 2 is 1.95 bits per heavy atom. The van der Waals surface area contributed by atoms with Crippen LogP contribution in [0.4, 0.5) is 0 Å². The molecule has 108 valence electrons. The van der Waals surface area contributed by atoms with Gasteiger partial charge in [-0.15, -0.1) is 0 Å². The van der Waals surface area contributed by atoms with E-state index < -0.39 is 5.97 Å². The summed E-state index contributed by atoms with van der Waals surface area (Å²) < 4.78 is 5.21. The fraction of sp³-hybridized carbons (Fsp3) is 0.333. The predicted molar refractivity (Wildman–Crippen MR) is 76.6 cm³/mol. The highest BCUT2D eigenvalue weighted by atomic mass is 16.5. The molecule has 1 N–H and O–H groups in total. The van der Waals surface area contributed by atoms with Gasteiger partial charge in [0.1, 0.15) is 0 Å². The van der Waals surface area contributed by atoms with Gasteiger partial charge in [0, 0.05) is 31.8 Å². The second-order valence-corrected chi connectivity index (χ2v) is 4.22. The largest absolute Gasteiger partial charge is 0.478 e. The van der Waals surface area contributed by atoms with Gasteiger partial charge in [0.05, 0.1) is 6.61 Å². The van der Waals surface area contributed by atoms with E-state index in [2.05, 4.69) is 0 Å². The molecule has 0 saturated heterocycles. The standard InChI is InChI=1S/C15H19NO4/c1-3-20-11-10-16(2)15(19)13-7-4-12(5-8-13)6-9-14(17)18/h4-9H,3,10-11H2,1-2H3,(H,17,18)/b9-6+. The average Bonchev–Trinajstić information content (AvgIpc) is 2.45. The summed E-state index contributed by atoms with van der Waals surface area (Å²) in [6.07, 6.45) is 2.54. The van der Waals surface area contributed by atoms with Crippen LogP contribution in [-0.4, -0.2) is 48.7 Å². The number of aliphatic carboxylic acids is 1. The zero-order chi connectivity index (χ0) is 15.0. The average molecular weight is 277 g/mol. The molecule has 0 fully saturated rings. The van der Waals surface area contributed by atoms with Gasteiger partial charge < -0.3 is 14.7 Å². The molecule has 0 aliphatic carbocycles. The molecule has 0 bridgehead atoms. The summed E-state index contributed by atoms with van der Waals surface area (Å²) in [7, 11) is 1.72. The van der Waals surface area contributed by atoms with Crippen LogP contribution in [0.5, 0.6) is 0 Å². The lowest BCUT2D eigenvalue weighted by Gasteiger charge is -2.17. The number of benzene rings is 1. The van der Waals surface area contributed by atoms with Crippen molar-refractivity contribution in [2.24, 2.45) is 0 Å². The van der Waals surface area contributed by atoms with Crippen molar-refractivity contribution in [3.63, 3.8) is 0 Å². The number of ether oxygens (including phenoxy) is 1. The van der Waals surface area contributed by atoms with Crippen LogP contribution in [0.15, 0.2) is 30.3 Å². The summed E-state index contributed by atoms with van der Waals surface area (Å²) in [6, 6.07) is 6.79. The van der Waals surface area contributed by atoms with Gasteiger partial charge in [-0.05, 0) is 30.7 Å². The van der Waals surface area contributed by atoms with Crippen LogP contribution < -0.4 is 0 Å². The predicted octanol–water partition coefficient (Wildman–Crippen LogP) is 1.89. The Bertz CT molecular complexity index is 479. The third-order valence-electron chi connectivity index (χ3n) is 2.70. The molecule has 5 heteroatoms. The van der Waals surface area contributed by atoms with Crippen molar-refractivity contribution in [2.45, 2.75) is 6.92 Å². The van der Waals surface area contributed by atoms with Gasteiger partial charge in [0.2, 0.25) is 0 Å². The zero-order valence-corrected chi connectivity index (χ0v) is 11.7. The molecule has 0 radical (unpaired) electrons. The van der Waals surface area contributed by atoms with Crippen LogP contribution in [0.2, 0.25) is 0 Å². The zero-order valence-electron chi connectivity index (χ0n) is 11.7. The highest BCUT2D eigenvalue weighted by Crippen LogP contribution is 2.08. The molecule has 0 heterocycles. The van der Waals surface area contributed by atoms with Crippen molar-refractivity contribution >= 4 is 18.0 Å². The molecular formula is C15H19NO4. The first kappa shape index (κ1) is 15.9. The molecule has 1 aromatic carbocycles. The maximum Gasteiger partial charge on any atom is 0.328 e. The maximum atomic E-state index is 12.1. The summed E-state index contributed by atoms with van der Waals surface area (Å²) in [6.45, 7) is 3.59. The normalized spacial score (nSPS) is 10.7. The molecule has 1 amide bonds. The van der Waals surface area contributed by atoms with E-state index in [1.807, 2.05) is 6.92 Å². The minimum atomic E-state index is -0.999. The van der Waals surface area contributed by atoms with E-state index >= 15 is 0 Å². The van der Waals surface area contributed by atoms with E-state index in [9.17, 15) is 9.59 Å². The smallest absolute Gasteiger partial charge is 0.328 e. The number of amides is 1. The number of rotatable bonds is 7. The minimum absolute atomic E-state index is 0.0848. The molecular weight excluding hydrogens is 258 g/mol. The molecule has 0 saturated carbocycles.